The summed E-state index contributed by atoms with van der Waals surface area (Å²) in [5, 5.41) is 10.8. The zero-order valence-corrected chi connectivity index (χ0v) is 13.7. The Balaban J connectivity index is 1.67. The van der Waals surface area contributed by atoms with Gasteiger partial charge in [-0.2, -0.15) is 0 Å². The van der Waals surface area contributed by atoms with Crippen LogP contribution in [-0.4, -0.2) is 23.1 Å². The first kappa shape index (κ1) is 15.2. The summed E-state index contributed by atoms with van der Waals surface area (Å²) >= 11 is 6.09. The summed E-state index contributed by atoms with van der Waals surface area (Å²) in [7, 11) is 0. The van der Waals surface area contributed by atoms with Gasteiger partial charge in [0.25, 0.3) is 0 Å². The van der Waals surface area contributed by atoms with E-state index in [-0.39, 0.29) is 6.04 Å². The van der Waals surface area contributed by atoms with Crippen molar-refractivity contribution in [2.24, 2.45) is 5.41 Å². The molecule has 116 valence electrons. The maximum atomic E-state index is 10.1. The zero-order chi connectivity index (χ0) is 14.9. The van der Waals surface area contributed by atoms with Crippen LogP contribution in [0.25, 0.3) is 0 Å². The van der Waals surface area contributed by atoms with Crippen LogP contribution in [0.2, 0.25) is 5.02 Å². The summed E-state index contributed by atoms with van der Waals surface area (Å²) in [6, 6.07) is 5.61. The van der Waals surface area contributed by atoms with Gasteiger partial charge in [-0.05, 0) is 69.3 Å². The number of phenols is 1. The highest BCUT2D eigenvalue weighted by Crippen LogP contribution is 2.46. The largest absolute Gasteiger partial charge is 0.508 e. The molecule has 21 heavy (non-hydrogen) atoms. The molecule has 2 aliphatic rings. The highest BCUT2D eigenvalue weighted by Gasteiger charge is 2.36. The second-order valence-corrected chi connectivity index (χ2v) is 7.41. The van der Waals surface area contributed by atoms with Gasteiger partial charge in [0.1, 0.15) is 5.75 Å². The lowest BCUT2D eigenvalue weighted by molar-refractivity contribution is 0.0482. The van der Waals surface area contributed by atoms with Crippen LogP contribution < -0.4 is 0 Å². The predicted molar refractivity (Wildman–Crippen MR) is 87.9 cm³/mol. The second-order valence-electron chi connectivity index (χ2n) is 6.98. The molecule has 0 radical (unpaired) electrons. The van der Waals surface area contributed by atoms with Crippen molar-refractivity contribution in [3.8, 4) is 5.75 Å². The fourth-order valence-corrected chi connectivity index (χ4v) is 4.42. The first-order valence-electron chi connectivity index (χ1n) is 8.32. The molecule has 1 saturated carbocycles. The van der Waals surface area contributed by atoms with Crippen molar-refractivity contribution in [2.75, 3.05) is 13.1 Å². The number of nitrogens with zero attached hydrogens (tertiary/aromatic N) is 1. The second kappa shape index (κ2) is 6.18. The van der Waals surface area contributed by atoms with Crippen LogP contribution in [-0.2, 0) is 0 Å². The molecule has 1 aliphatic heterocycles. The van der Waals surface area contributed by atoms with E-state index in [1.54, 1.807) is 12.1 Å². The summed E-state index contributed by atoms with van der Waals surface area (Å²) in [4.78, 5) is 2.51. The Hall–Kier alpha value is -0.730. The van der Waals surface area contributed by atoms with Crippen molar-refractivity contribution in [1.29, 1.82) is 0 Å². The van der Waals surface area contributed by atoms with Crippen molar-refractivity contribution in [2.45, 2.75) is 57.9 Å². The summed E-state index contributed by atoms with van der Waals surface area (Å²) < 4.78 is 0. The van der Waals surface area contributed by atoms with Gasteiger partial charge in [0.15, 0.2) is 0 Å². The highest BCUT2D eigenvalue weighted by molar-refractivity contribution is 6.30. The van der Waals surface area contributed by atoms with E-state index in [1.165, 1.54) is 44.9 Å². The summed E-state index contributed by atoms with van der Waals surface area (Å²) in [5.41, 5.74) is 1.59. The molecule has 0 aromatic heterocycles. The van der Waals surface area contributed by atoms with Crippen molar-refractivity contribution in [3.63, 3.8) is 0 Å². The van der Waals surface area contributed by atoms with Crippen molar-refractivity contribution in [3.05, 3.63) is 28.8 Å². The number of halogens is 1. The van der Waals surface area contributed by atoms with Gasteiger partial charge in [-0.15, -0.1) is 0 Å². The first-order chi connectivity index (χ1) is 10.1. The van der Waals surface area contributed by atoms with E-state index in [2.05, 4.69) is 11.8 Å². The summed E-state index contributed by atoms with van der Waals surface area (Å²) in [6.07, 6.45) is 9.76. The standard InChI is InChI=1S/C18H26ClNO/c1-14(16-13-15(19)5-6-17(16)21)20-11-9-18(10-12-20)7-3-2-4-8-18/h5-6,13-14,21H,2-4,7-12H2,1H3. The molecule has 3 rings (SSSR count). The van der Waals surface area contributed by atoms with E-state index in [4.69, 9.17) is 11.6 Å². The van der Waals surface area contributed by atoms with Crippen molar-refractivity contribution < 1.29 is 5.11 Å². The molecule has 1 aliphatic carbocycles. The lowest BCUT2D eigenvalue weighted by Crippen LogP contribution is -2.42. The summed E-state index contributed by atoms with van der Waals surface area (Å²) in [5.74, 6) is 0.366. The third-order valence-corrected chi connectivity index (χ3v) is 6.00. The average molecular weight is 308 g/mol. The molecule has 1 atom stereocenters. The van der Waals surface area contributed by atoms with Gasteiger partial charge in [0.2, 0.25) is 0 Å². The molecular formula is C18H26ClNO. The van der Waals surface area contributed by atoms with Gasteiger partial charge in [0, 0.05) is 16.6 Å². The minimum atomic E-state index is 0.240. The third-order valence-electron chi connectivity index (χ3n) is 5.76. The monoisotopic (exact) mass is 307 g/mol. The van der Waals surface area contributed by atoms with Gasteiger partial charge in [-0.3, -0.25) is 4.90 Å². The lowest BCUT2D eigenvalue weighted by Gasteiger charge is -2.46. The van der Waals surface area contributed by atoms with E-state index in [9.17, 15) is 5.11 Å². The number of hydrogen-bond acceptors (Lipinski definition) is 2. The fourth-order valence-electron chi connectivity index (χ4n) is 4.24. The van der Waals surface area contributed by atoms with Gasteiger partial charge < -0.3 is 5.11 Å². The van der Waals surface area contributed by atoms with E-state index >= 15 is 0 Å². The molecule has 2 fully saturated rings. The van der Waals surface area contributed by atoms with Crippen LogP contribution in [0.15, 0.2) is 18.2 Å². The minimum Gasteiger partial charge on any atom is -0.508 e. The van der Waals surface area contributed by atoms with E-state index in [1.807, 2.05) is 6.07 Å². The number of benzene rings is 1. The molecule has 3 heteroatoms. The molecule has 0 bridgehead atoms. The molecule has 2 nitrogen and oxygen atoms in total. The number of rotatable bonds is 2. The molecule has 1 aromatic rings. The number of phenolic OH excluding ortho intramolecular Hbond substituents is 1. The van der Waals surface area contributed by atoms with Crippen molar-refractivity contribution >= 4 is 11.6 Å². The van der Waals surface area contributed by atoms with Crippen LogP contribution in [0.4, 0.5) is 0 Å². The SMILES string of the molecule is CC(c1cc(Cl)ccc1O)N1CCC2(CCCCC2)CC1. The molecule has 1 spiro atoms. The maximum absolute atomic E-state index is 10.1. The molecule has 1 saturated heterocycles. The van der Waals surface area contributed by atoms with Gasteiger partial charge in [-0.1, -0.05) is 30.9 Å². The average Bonchev–Trinajstić information content (AvgIpc) is 2.51. The Morgan fingerprint density at radius 2 is 1.76 bits per heavy atom. The first-order valence-corrected chi connectivity index (χ1v) is 8.70. The molecular weight excluding hydrogens is 282 g/mol. The normalized spacial score (nSPS) is 24.1. The van der Waals surface area contributed by atoms with Gasteiger partial charge in [0.05, 0.1) is 0 Å². The molecule has 1 N–H and O–H groups in total. The maximum Gasteiger partial charge on any atom is 0.120 e. The number of piperidine rings is 1. The Kier molecular flexibility index (Phi) is 4.46. The number of likely N-dealkylation sites (tertiary alicyclic amines) is 1. The Bertz CT molecular complexity index is 486. The van der Waals surface area contributed by atoms with E-state index < -0.39 is 0 Å². The molecule has 1 aromatic carbocycles. The molecule has 1 heterocycles. The Morgan fingerprint density at radius 1 is 1.10 bits per heavy atom. The van der Waals surface area contributed by atoms with Crippen LogP contribution >= 0.6 is 11.6 Å². The van der Waals surface area contributed by atoms with Crippen LogP contribution in [0.3, 0.4) is 0 Å². The predicted octanol–water partition coefficient (Wildman–Crippen LogP) is 5.15. The Morgan fingerprint density at radius 3 is 2.43 bits per heavy atom. The van der Waals surface area contributed by atoms with Gasteiger partial charge in [-0.25, -0.2) is 0 Å². The summed E-state index contributed by atoms with van der Waals surface area (Å²) in [6.45, 7) is 4.48. The zero-order valence-electron chi connectivity index (χ0n) is 12.9. The number of aromatic hydroxyl groups is 1. The van der Waals surface area contributed by atoms with E-state index in [0.29, 0.717) is 16.2 Å². The molecule has 1 unspecified atom stereocenters. The lowest BCUT2D eigenvalue weighted by atomic mass is 9.68. The highest BCUT2D eigenvalue weighted by atomic mass is 35.5. The number of hydrogen-bond donors (Lipinski definition) is 1. The van der Waals surface area contributed by atoms with Gasteiger partial charge >= 0.3 is 0 Å². The van der Waals surface area contributed by atoms with Crippen LogP contribution in [0.5, 0.6) is 5.75 Å². The van der Waals surface area contributed by atoms with E-state index in [0.717, 1.165) is 18.7 Å². The Labute approximate surface area is 133 Å². The van der Waals surface area contributed by atoms with Crippen molar-refractivity contribution in [1.82, 2.24) is 4.90 Å². The van der Waals surface area contributed by atoms with Crippen LogP contribution in [0, 0.1) is 5.41 Å². The topological polar surface area (TPSA) is 23.5 Å². The fraction of sp³-hybridized carbons (Fsp3) is 0.667. The van der Waals surface area contributed by atoms with Crippen LogP contribution in [0.1, 0.15) is 63.5 Å². The quantitative estimate of drug-likeness (QED) is 0.816. The smallest absolute Gasteiger partial charge is 0.120 e. The minimum absolute atomic E-state index is 0.240. The third kappa shape index (κ3) is 3.22. The molecule has 0 amide bonds.